The lowest BCUT2D eigenvalue weighted by molar-refractivity contribution is 0.898. The summed E-state index contributed by atoms with van der Waals surface area (Å²) in [5.41, 5.74) is 1.36. The molecule has 0 radical (unpaired) electrons. The van der Waals surface area contributed by atoms with E-state index >= 15 is 0 Å². The highest BCUT2D eigenvalue weighted by atomic mass is 32.1. The molecule has 14 heavy (non-hydrogen) atoms. The topological polar surface area (TPSA) is 25.8 Å². The van der Waals surface area contributed by atoms with Gasteiger partial charge in [-0.25, -0.2) is 0 Å². The molecule has 0 aliphatic carbocycles. The second-order valence-corrected chi connectivity index (χ2v) is 4.47. The highest BCUT2D eigenvalue weighted by Gasteiger charge is 2.00. The number of aryl methyl sites for hydroxylation is 3. The summed E-state index contributed by atoms with van der Waals surface area (Å²) in [7, 11) is 0. The second kappa shape index (κ2) is 4.33. The summed E-state index contributed by atoms with van der Waals surface area (Å²) in [6, 6.07) is 10.5. The number of hydrogen-bond donors (Lipinski definition) is 0. The summed E-state index contributed by atoms with van der Waals surface area (Å²) >= 11 is 1.68. The standard InChI is InChI=1S/C11H12N2S/c1-9-12-13-11(14-9)8-7-10-5-3-2-4-6-10/h2-6H,7-8H2,1H3. The molecule has 0 atom stereocenters. The van der Waals surface area contributed by atoms with E-state index in [1.165, 1.54) is 5.56 Å². The predicted octanol–water partition coefficient (Wildman–Crippen LogP) is 2.63. The fourth-order valence-electron chi connectivity index (χ4n) is 1.33. The van der Waals surface area contributed by atoms with Crippen molar-refractivity contribution >= 4 is 11.3 Å². The molecule has 2 aromatic rings. The van der Waals surface area contributed by atoms with Crippen LogP contribution >= 0.6 is 11.3 Å². The lowest BCUT2D eigenvalue weighted by atomic mass is 10.1. The largest absolute Gasteiger partial charge is 0.144 e. The van der Waals surface area contributed by atoms with Crippen LogP contribution in [0.3, 0.4) is 0 Å². The Kier molecular flexibility index (Phi) is 2.89. The van der Waals surface area contributed by atoms with E-state index in [1.807, 2.05) is 13.0 Å². The molecule has 0 unspecified atom stereocenters. The van der Waals surface area contributed by atoms with Crippen molar-refractivity contribution in [1.29, 1.82) is 0 Å². The monoisotopic (exact) mass is 204 g/mol. The molecular formula is C11H12N2S. The second-order valence-electron chi connectivity index (χ2n) is 3.20. The van der Waals surface area contributed by atoms with Crippen molar-refractivity contribution in [3.63, 3.8) is 0 Å². The van der Waals surface area contributed by atoms with Crippen LogP contribution in [-0.2, 0) is 12.8 Å². The van der Waals surface area contributed by atoms with Crippen LogP contribution in [0.1, 0.15) is 15.6 Å². The molecule has 0 spiro atoms. The number of nitrogens with zero attached hydrogens (tertiary/aromatic N) is 2. The third kappa shape index (κ3) is 2.39. The predicted molar refractivity (Wildman–Crippen MR) is 58.5 cm³/mol. The maximum Gasteiger partial charge on any atom is 0.117 e. The number of aromatic nitrogens is 2. The SMILES string of the molecule is Cc1nnc(CCc2ccccc2)s1. The third-order valence-corrected chi connectivity index (χ3v) is 2.94. The summed E-state index contributed by atoms with van der Waals surface area (Å²) < 4.78 is 0. The van der Waals surface area contributed by atoms with Crippen LogP contribution in [0.15, 0.2) is 30.3 Å². The van der Waals surface area contributed by atoms with Gasteiger partial charge in [0.1, 0.15) is 10.0 Å². The summed E-state index contributed by atoms with van der Waals surface area (Å²) in [4.78, 5) is 0. The fourth-order valence-corrected chi connectivity index (χ4v) is 2.04. The molecule has 0 aliphatic rings. The Hall–Kier alpha value is -1.22. The molecule has 72 valence electrons. The molecule has 2 nitrogen and oxygen atoms in total. The van der Waals surface area contributed by atoms with Crippen LogP contribution in [0.2, 0.25) is 0 Å². The lowest BCUT2D eigenvalue weighted by Gasteiger charge is -1.96. The molecular weight excluding hydrogens is 192 g/mol. The molecule has 3 heteroatoms. The van der Waals surface area contributed by atoms with Crippen molar-refractivity contribution in [2.24, 2.45) is 0 Å². The van der Waals surface area contributed by atoms with Crippen LogP contribution in [-0.4, -0.2) is 10.2 Å². The molecule has 0 saturated heterocycles. The van der Waals surface area contributed by atoms with E-state index in [2.05, 4.69) is 34.5 Å². The van der Waals surface area contributed by atoms with Gasteiger partial charge in [0.2, 0.25) is 0 Å². The zero-order valence-electron chi connectivity index (χ0n) is 8.10. The van der Waals surface area contributed by atoms with Gasteiger partial charge in [-0.05, 0) is 18.9 Å². The van der Waals surface area contributed by atoms with Crippen molar-refractivity contribution in [1.82, 2.24) is 10.2 Å². The lowest BCUT2D eigenvalue weighted by Crippen LogP contribution is -1.89. The van der Waals surface area contributed by atoms with Crippen molar-refractivity contribution in [3.05, 3.63) is 45.9 Å². The van der Waals surface area contributed by atoms with Gasteiger partial charge in [-0.3, -0.25) is 0 Å². The minimum absolute atomic E-state index is 0.996. The average Bonchev–Trinajstić information content (AvgIpc) is 2.63. The minimum Gasteiger partial charge on any atom is -0.144 e. The normalized spacial score (nSPS) is 10.4. The van der Waals surface area contributed by atoms with Crippen molar-refractivity contribution < 1.29 is 0 Å². The molecule has 0 N–H and O–H groups in total. The fraction of sp³-hybridized carbons (Fsp3) is 0.273. The van der Waals surface area contributed by atoms with Crippen molar-refractivity contribution in [2.75, 3.05) is 0 Å². The Morgan fingerprint density at radius 2 is 1.86 bits per heavy atom. The Balaban J connectivity index is 1.95. The van der Waals surface area contributed by atoms with Crippen LogP contribution in [0, 0.1) is 6.92 Å². The van der Waals surface area contributed by atoms with Gasteiger partial charge in [-0.1, -0.05) is 30.3 Å². The van der Waals surface area contributed by atoms with E-state index in [-0.39, 0.29) is 0 Å². The van der Waals surface area contributed by atoms with Crippen molar-refractivity contribution in [2.45, 2.75) is 19.8 Å². The maximum atomic E-state index is 4.10. The first kappa shape index (κ1) is 9.34. The van der Waals surface area contributed by atoms with Gasteiger partial charge < -0.3 is 0 Å². The van der Waals surface area contributed by atoms with Crippen LogP contribution in [0.25, 0.3) is 0 Å². The number of hydrogen-bond acceptors (Lipinski definition) is 3. The molecule has 0 aliphatic heterocycles. The summed E-state index contributed by atoms with van der Waals surface area (Å²) in [6.07, 6.45) is 2.05. The van der Waals surface area contributed by atoms with Gasteiger partial charge >= 0.3 is 0 Å². The highest BCUT2D eigenvalue weighted by molar-refractivity contribution is 7.11. The smallest absolute Gasteiger partial charge is 0.117 e. The van der Waals surface area contributed by atoms with E-state index < -0.39 is 0 Å². The summed E-state index contributed by atoms with van der Waals surface area (Å²) in [6.45, 7) is 1.99. The van der Waals surface area contributed by atoms with Gasteiger partial charge in [0.05, 0.1) is 0 Å². The summed E-state index contributed by atoms with van der Waals surface area (Å²) in [5.74, 6) is 0. The molecule has 0 fully saturated rings. The van der Waals surface area contributed by atoms with Gasteiger partial charge in [0.15, 0.2) is 0 Å². The Morgan fingerprint density at radius 1 is 1.07 bits per heavy atom. The molecule has 1 aromatic carbocycles. The Labute approximate surface area is 87.6 Å². The van der Waals surface area contributed by atoms with Gasteiger partial charge in [0, 0.05) is 6.42 Å². The number of benzene rings is 1. The molecule has 1 aromatic heterocycles. The molecule has 1 heterocycles. The van der Waals surface area contributed by atoms with Crippen LogP contribution in [0.5, 0.6) is 0 Å². The number of rotatable bonds is 3. The highest BCUT2D eigenvalue weighted by Crippen LogP contribution is 2.11. The van der Waals surface area contributed by atoms with E-state index in [9.17, 15) is 0 Å². The zero-order chi connectivity index (χ0) is 9.80. The maximum absolute atomic E-state index is 4.10. The van der Waals surface area contributed by atoms with Crippen molar-refractivity contribution in [3.8, 4) is 0 Å². The minimum atomic E-state index is 0.996. The van der Waals surface area contributed by atoms with E-state index in [4.69, 9.17) is 0 Å². The summed E-state index contributed by atoms with van der Waals surface area (Å²) in [5, 5.41) is 10.3. The first-order chi connectivity index (χ1) is 6.84. The van der Waals surface area contributed by atoms with Gasteiger partial charge in [0.25, 0.3) is 0 Å². The average molecular weight is 204 g/mol. The van der Waals surface area contributed by atoms with E-state index in [0.717, 1.165) is 22.9 Å². The zero-order valence-corrected chi connectivity index (χ0v) is 8.92. The van der Waals surface area contributed by atoms with Gasteiger partial charge in [-0.15, -0.1) is 21.5 Å². The van der Waals surface area contributed by atoms with E-state index in [0.29, 0.717) is 0 Å². The molecule has 0 saturated carbocycles. The third-order valence-electron chi connectivity index (χ3n) is 2.04. The quantitative estimate of drug-likeness (QED) is 0.768. The molecule has 0 bridgehead atoms. The Bertz CT molecular complexity index is 395. The Morgan fingerprint density at radius 3 is 2.50 bits per heavy atom. The van der Waals surface area contributed by atoms with E-state index in [1.54, 1.807) is 11.3 Å². The molecule has 0 amide bonds. The van der Waals surface area contributed by atoms with Crippen LogP contribution in [0.4, 0.5) is 0 Å². The van der Waals surface area contributed by atoms with Gasteiger partial charge in [-0.2, -0.15) is 0 Å². The first-order valence-corrected chi connectivity index (χ1v) is 5.49. The molecule has 2 rings (SSSR count). The van der Waals surface area contributed by atoms with Crippen LogP contribution < -0.4 is 0 Å². The first-order valence-electron chi connectivity index (χ1n) is 4.67.